The summed E-state index contributed by atoms with van der Waals surface area (Å²) in [5, 5.41) is 6.16. The number of carbonyl (C=O) groups excluding carboxylic acids is 1. The fourth-order valence-corrected chi connectivity index (χ4v) is 3.33. The van der Waals surface area contributed by atoms with Crippen molar-refractivity contribution in [3.8, 4) is 0 Å². The lowest BCUT2D eigenvalue weighted by Gasteiger charge is -2.22. The molecule has 1 amide bonds. The number of rotatable bonds is 4. The second-order valence-corrected chi connectivity index (χ2v) is 6.57. The molecule has 4 rings (SSSR count). The molecule has 1 aliphatic heterocycles. The molecule has 3 aromatic rings. The van der Waals surface area contributed by atoms with E-state index in [0.717, 1.165) is 34.3 Å². The molecule has 0 N–H and O–H groups in total. The van der Waals surface area contributed by atoms with Crippen LogP contribution in [0.5, 0.6) is 0 Å². The predicted octanol–water partition coefficient (Wildman–Crippen LogP) is 4.25. The van der Waals surface area contributed by atoms with Crippen molar-refractivity contribution >= 4 is 22.7 Å². The van der Waals surface area contributed by atoms with Crippen molar-refractivity contribution in [2.45, 2.75) is 32.2 Å². The maximum atomic E-state index is 13.3. The van der Waals surface area contributed by atoms with Gasteiger partial charge in [0.05, 0.1) is 22.8 Å². The molecule has 136 valence electrons. The average molecular weight is 362 g/mol. The summed E-state index contributed by atoms with van der Waals surface area (Å²) in [6, 6.07) is 11.9. The van der Waals surface area contributed by atoms with Crippen LogP contribution in [0.2, 0.25) is 0 Å². The molecule has 2 heterocycles. The molecule has 0 saturated heterocycles. The van der Waals surface area contributed by atoms with Crippen molar-refractivity contribution < 1.29 is 9.18 Å². The Bertz CT molecular complexity index is 1020. The van der Waals surface area contributed by atoms with E-state index in [1.807, 2.05) is 25.1 Å². The molecule has 0 radical (unpaired) electrons. The van der Waals surface area contributed by atoms with Crippen molar-refractivity contribution in [2.75, 3.05) is 0 Å². The number of carbonyl (C=O) groups is 1. The smallest absolute Gasteiger partial charge is 0.243 e. The Labute approximate surface area is 156 Å². The maximum Gasteiger partial charge on any atom is 0.243 e. The first-order valence-electron chi connectivity index (χ1n) is 9.02. The van der Waals surface area contributed by atoms with Gasteiger partial charge < -0.3 is 0 Å². The van der Waals surface area contributed by atoms with Gasteiger partial charge in [-0.25, -0.2) is 9.40 Å². The number of aromatic nitrogens is 2. The van der Waals surface area contributed by atoms with Gasteiger partial charge in [-0.3, -0.25) is 14.8 Å². The lowest BCUT2D eigenvalue weighted by molar-refractivity contribution is -0.133. The van der Waals surface area contributed by atoms with E-state index in [4.69, 9.17) is 0 Å². The first-order chi connectivity index (χ1) is 13.2. The third kappa shape index (κ3) is 3.43. The Morgan fingerprint density at radius 1 is 1.11 bits per heavy atom. The maximum absolute atomic E-state index is 13.3. The Kier molecular flexibility index (Phi) is 4.62. The SMILES string of the molecule is CCCC(=O)N1N=C(c2ccc(F)cc2)C[C@@H]1c1ccc2nccnc2c1. The fourth-order valence-electron chi connectivity index (χ4n) is 3.33. The van der Waals surface area contributed by atoms with Gasteiger partial charge in [0.15, 0.2) is 0 Å². The van der Waals surface area contributed by atoms with Crippen molar-refractivity contribution in [1.82, 2.24) is 15.0 Å². The number of benzene rings is 2. The molecule has 0 fully saturated rings. The van der Waals surface area contributed by atoms with Crippen LogP contribution in [0.25, 0.3) is 11.0 Å². The molecule has 6 heteroatoms. The number of hydrogen-bond acceptors (Lipinski definition) is 4. The highest BCUT2D eigenvalue weighted by Crippen LogP contribution is 2.34. The van der Waals surface area contributed by atoms with E-state index in [0.29, 0.717) is 12.8 Å². The zero-order valence-electron chi connectivity index (χ0n) is 15.0. The number of halogens is 1. The molecule has 5 nitrogen and oxygen atoms in total. The number of hydrogen-bond donors (Lipinski definition) is 0. The molecular weight excluding hydrogens is 343 g/mol. The Morgan fingerprint density at radius 3 is 2.59 bits per heavy atom. The molecule has 2 aromatic carbocycles. The minimum atomic E-state index is -0.291. The second kappa shape index (κ2) is 7.23. The molecule has 0 spiro atoms. The van der Waals surface area contributed by atoms with Gasteiger partial charge in [0.25, 0.3) is 0 Å². The van der Waals surface area contributed by atoms with Gasteiger partial charge in [0.1, 0.15) is 5.82 Å². The highest BCUT2D eigenvalue weighted by atomic mass is 19.1. The summed E-state index contributed by atoms with van der Waals surface area (Å²) in [6.45, 7) is 1.97. The summed E-state index contributed by atoms with van der Waals surface area (Å²) in [5.41, 5.74) is 4.17. The Morgan fingerprint density at radius 2 is 1.85 bits per heavy atom. The molecule has 1 aromatic heterocycles. The fraction of sp³-hybridized carbons (Fsp3) is 0.238. The molecule has 0 bridgehead atoms. The van der Waals surface area contributed by atoms with Crippen LogP contribution < -0.4 is 0 Å². The van der Waals surface area contributed by atoms with Crippen LogP contribution in [0.3, 0.4) is 0 Å². The van der Waals surface area contributed by atoms with Gasteiger partial charge in [-0.05, 0) is 41.8 Å². The van der Waals surface area contributed by atoms with Gasteiger partial charge in [-0.1, -0.05) is 25.1 Å². The lowest BCUT2D eigenvalue weighted by atomic mass is 9.98. The summed E-state index contributed by atoms with van der Waals surface area (Å²) in [7, 11) is 0. The van der Waals surface area contributed by atoms with Gasteiger partial charge >= 0.3 is 0 Å². The van der Waals surface area contributed by atoms with Gasteiger partial charge in [0.2, 0.25) is 5.91 Å². The van der Waals surface area contributed by atoms with E-state index in [1.54, 1.807) is 29.5 Å². The summed E-state index contributed by atoms with van der Waals surface area (Å²) in [4.78, 5) is 21.3. The second-order valence-electron chi connectivity index (χ2n) is 6.57. The lowest BCUT2D eigenvalue weighted by Crippen LogP contribution is -2.26. The van der Waals surface area contributed by atoms with E-state index < -0.39 is 0 Å². The standard InChI is InChI=1S/C21H19FN4O/c1-2-3-21(27)26-20(13-18(25-26)14-4-7-16(22)8-5-14)15-6-9-17-19(12-15)24-11-10-23-17/h4-12,20H,2-3,13H2,1H3/t20-/m1/s1. The van der Waals surface area contributed by atoms with Crippen molar-refractivity contribution in [3.05, 3.63) is 71.8 Å². The van der Waals surface area contributed by atoms with Crippen LogP contribution in [0.15, 0.2) is 60.0 Å². The third-order valence-electron chi connectivity index (χ3n) is 4.69. The van der Waals surface area contributed by atoms with Crippen LogP contribution in [0, 0.1) is 5.82 Å². The number of amides is 1. The van der Waals surface area contributed by atoms with Crippen LogP contribution in [-0.4, -0.2) is 26.6 Å². The number of hydrazone groups is 1. The minimum absolute atomic E-state index is 0.0149. The first kappa shape index (κ1) is 17.3. The number of nitrogens with zero attached hydrogens (tertiary/aromatic N) is 4. The van der Waals surface area contributed by atoms with Crippen LogP contribution in [0.4, 0.5) is 4.39 Å². The van der Waals surface area contributed by atoms with Crippen LogP contribution >= 0.6 is 0 Å². The topological polar surface area (TPSA) is 58.5 Å². The Balaban J connectivity index is 1.71. The molecule has 0 unspecified atom stereocenters. The van der Waals surface area contributed by atoms with E-state index in [2.05, 4.69) is 15.1 Å². The summed E-state index contributed by atoms with van der Waals surface area (Å²) < 4.78 is 13.3. The van der Waals surface area contributed by atoms with Crippen molar-refractivity contribution in [1.29, 1.82) is 0 Å². The van der Waals surface area contributed by atoms with E-state index >= 15 is 0 Å². The third-order valence-corrected chi connectivity index (χ3v) is 4.69. The Hall–Kier alpha value is -3.15. The van der Waals surface area contributed by atoms with Crippen molar-refractivity contribution in [3.63, 3.8) is 0 Å². The predicted molar refractivity (Wildman–Crippen MR) is 102 cm³/mol. The molecule has 1 atom stereocenters. The van der Waals surface area contributed by atoms with Crippen LogP contribution in [0.1, 0.15) is 43.4 Å². The first-order valence-corrected chi connectivity index (χ1v) is 9.02. The van der Waals surface area contributed by atoms with E-state index in [9.17, 15) is 9.18 Å². The minimum Gasteiger partial charge on any atom is -0.273 e. The van der Waals surface area contributed by atoms with Gasteiger partial charge in [-0.15, -0.1) is 0 Å². The van der Waals surface area contributed by atoms with E-state index in [-0.39, 0.29) is 17.8 Å². The molecular formula is C21H19FN4O. The molecule has 0 aliphatic carbocycles. The van der Waals surface area contributed by atoms with Gasteiger partial charge in [0, 0.05) is 25.2 Å². The molecule has 0 saturated carbocycles. The highest BCUT2D eigenvalue weighted by Gasteiger charge is 2.32. The zero-order valence-corrected chi connectivity index (χ0v) is 15.0. The molecule has 1 aliphatic rings. The zero-order chi connectivity index (χ0) is 18.8. The normalized spacial score (nSPS) is 16.6. The summed E-state index contributed by atoms with van der Waals surface area (Å²) >= 11 is 0. The van der Waals surface area contributed by atoms with E-state index in [1.165, 1.54) is 12.1 Å². The average Bonchev–Trinajstić information content (AvgIpc) is 3.14. The van der Waals surface area contributed by atoms with Crippen molar-refractivity contribution in [2.24, 2.45) is 5.10 Å². The quantitative estimate of drug-likeness (QED) is 0.697. The highest BCUT2D eigenvalue weighted by molar-refractivity contribution is 6.03. The number of fused-ring (bicyclic) bond motifs is 1. The van der Waals surface area contributed by atoms with Crippen LogP contribution in [-0.2, 0) is 4.79 Å². The largest absolute Gasteiger partial charge is 0.273 e. The van der Waals surface area contributed by atoms with Gasteiger partial charge in [-0.2, -0.15) is 5.10 Å². The summed E-state index contributed by atoms with van der Waals surface area (Å²) in [6.07, 6.45) is 5.08. The molecule has 27 heavy (non-hydrogen) atoms. The monoisotopic (exact) mass is 362 g/mol. The summed E-state index contributed by atoms with van der Waals surface area (Å²) in [5.74, 6) is -0.306.